The lowest BCUT2D eigenvalue weighted by Gasteiger charge is -2.12. The van der Waals surface area contributed by atoms with Crippen molar-refractivity contribution in [3.8, 4) is 17.2 Å². The lowest BCUT2D eigenvalue weighted by atomic mass is 10.2. The number of hydrogen-bond donors (Lipinski definition) is 2. The summed E-state index contributed by atoms with van der Waals surface area (Å²) >= 11 is 5.26. The van der Waals surface area contributed by atoms with Crippen LogP contribution >= 0.6 is 12.2 Å². The van der Waals surface area contributed by atoms with Gasteiger partial charge in [0.2, 0.25) is 0 Å². The molecular weight excluding hydrogens is 340 g/mol. The number of hydrogen-bond acceptors (Lipinski definition) is 5. The summed E-state index contributed by atoms with van der Waals surface area (Å²) in [4.78, 5) is 13.0. The van der Waals surface area contributed by atoms with Crippen molar-refractivity contribution in [1.82, 2.24) is 15.1 Å². The molecule has 0 fully saturated rings. The van der Waals surface area contributed by atoms with Crippen molar-refractivity contribution in [2.24, 2.45) is 0 Å². The van der Waals surface area contributed by atoms with Crippen LogP contribution in [-0.4, -0.2) is 42.4 Å². The Kier molecular flexibility index (Phi) is 7.15. The number of carbonyl (C=O) groups excluding carboxylic acids is 1. The van der Waals surface area contributed by atoms with Crippen molar-refractivity contribution in [2.75, 3.05) is 26.7 Å². The zero-order valence-corrected chi connectivity index (χ0v) is 15.7. The SMILES string of the molecule is CCCNC(=O)C[NH+](C)Cn1nc(-c2ccccc2OCC)oc1=S. The number of carbonyl (C=O) groups is 1. The highest BCUT2D eigenvalue weighted by Gasteiger charge is 2.16. The van der Waals surface area contributed by atoms with Gasteiger partial charge in [-0.05, 0) is 37.7 Å². The molecule has 0 aliphatic carbocycles. The fraction of sp³-hybridized carbons (Fsp3) is 0.471. The van der Waals surface area contributed by atoms with Crippen LogP contribution in [0.15, 0.2) is 28.7 Å². The molecule has 0 aliphatic rings. The van der Waals surface area contributed by atoms with E-state index in [-0.39, 0.29) is 10.7 Å². The molecule has 1 aromatic heterocycles. The van der Waals surface area contributed by atoms with E-state index in [1.807, 2.05) is 45.2 Å². The minimum absolute atomic E-state index is 0.0104. The molecule has 1 atom stereocenters. The second-order valence-electron chi connectivity index (χ2n) is 5.74. The Morgan fingerprint density at radius 3 is 2.88 bits per heavy atom. The summed E-state index contributed by atoms with van der Waals surface area (Å²) in [6.45, 7) is 5.98. The average molecular weight is 365 g/mol. The first-order chi connectivity index (χ1) is 12.0. The highest BCUT2D eigenvalue weighted by atomic mass is 32.1. The molecule has 7 nitrogen and oxygen atoms in total. The Bertz CT molecular complexity index is 756. The molecule has 25 heavy (non-hydrogen) atoms. The van der Waals surface area contributed by atoms with Gasteiger partial charge >= 0.3 is 0 Å². The van der Waals surface area contributed by atoms with Crippen molar-refractivity contribution in [2.45, 2.75) is 26.9 Å². The fourth-order valence-corrected chi connectivity index (χ4v) is 2.54. The van der Waals surface area contributed by atoms with Crippen LogP contribution in [0.1, 0.15) is 20.3 Å². The van der Waals surface area contributed by atoms with Crippen molar-refractivity contribution in [3.63, 3.8) is 0 Å². The van der Waals surface area contributed by atoms with Gasteiger partial charge in [-0.1, -0.05) is 19.1 Å². The normalized spacial score (nSPS) is 12.0. The molecule has 136 valence electrons. The second kappa shape index (κ2) is 9.33. The van der Waals surface area contributed by atoms with Gasteiger partial charge in [0.1, 0.15) is 5.75 Å². The van der Waals surface area contributed by atoms with E-state index >= 15 is 0 Å². The van der Waals surface area contributed by atoms with Crippen LogP contribution in [0.5, 0.6) is 5.75 Å². The topological polar surface area (TPSA) is 73.7 Å². The number of rotatable bonds is 9. The number of likely N-dealkylation sites (N-methyl/N-ethyl adjacent to an activating group) is 1. The van der Waals surface area contributed by atoms with Crippen LogP contribution in [0.25, 0.3) is 11.5 Å². The van der Waals surface area contributed by atoms with E-state index in [4.69, 9.17) is 21.4 Å². The quantitative estimate of drug-likeness (QED) is 0.655. The van der Waals surface area contributed by atoms with Gasteiger partial charge in [-0.2, -0.15) is 4.68 Å². The van der Waals surface area contributed by atoms with Gasteiger partial charge in [0.15, 0.2) is 13.2 Å². The summed E-state index contributed by atoms with van der Waals surface area (Å²) in [5.41, 5.74) is 0.757. The third kappa shape index (κ3) is 5.40. The minimum atomic E-state index is 0.0104. The molecule has 8 heteroatoms. The predicted octanol–water partition coefficient (Wildman–Crippen LogP) is 1.27. The molecule has 0 bridgehead atoms. The van der Waals surface area contributed by atoms with E-state index in [0.717, 1.165) is 16.9 Å². The van der Waals surface area contributed by atoms with Gasteiger partial charge in [-0.3, -0.25) is 4.79 Å². The van der Waals surface area contributed by atoms with Gasteiger partial charge in [-0.25, -0.2) is 0 Å². The molecule has 2 N–H and O–H groups in total. The molecule has 1 amide bonds. The first-order valence-corrected chi connectivity index (χ1v) is 8.84. The Balaban J connectivity index is 2.10. The summed E-state index contributed by atoms with van der Waals surface area (Å²) in [6.07, 6.45) is 0.918. The lowest BCUT2D eigenvalue weighted by molar-refractivity contribution is -0.895. The Morgan fingerprint density at radius 2 is 2.16 bits per heavy atom. The van der Waals surface area contributed by atoms with Crippen LogP contribution in [0, 0.1) is 4.84 Å². The van der Waals surface area contributed by atoms with Crippen molar-refractivity contribution in [1.29, 1.82) is 0 Å². The first-order valence-electron chi connectivity index (χ1n) is 8.43. The number of nitrogens with one attached hydrogen (secondary N) is 2. The zero-order valence-electron chi connectivity index (χ0n) is 14.9. The van der Waals surface area contributed by atoms with Crippen LogP contribution in [0.3, 0.4) is 0 Å². The maximum atomic E-state index is 11.8. The number of para-hydroxylation sites is 1. The van der Waals surface area contributed by atoms with E-state index in [1.54, 1.807) is 4.68 Å². The molecule has 0 aliphatic heterocycles. The molecular formula is C17H25N4O3S+. The predicted molar refractivity (Wildman–Crippen MR) is 97.0 cm³/mol. The minimum Gasteiger partial charge on any atom is -0.493 e. The smallest absolute Gasteiger partial charge is 0.292 e. The fourth-order valence-electron chi connectivity index (χ4n) is 2.35. The summed E-state index contributed by atoms with van der Waals surface area (Å²) in [5, 5.41) is 7.31. The van der Waals surface area contributed by atoms with Crippen molar-refractivity contribution >= 4 is 18.1 Å². The van der Waals surface area contributed by atoms with E-state index in [2.05, 4.69) is 10.4 Å². The molecule has 1 heterocycles. The average Bonchev–Trinajstić information content (AvgIpc) is 2.94. The van der Waals surface area contributed by atoms with E-state index in [1.165, 1.54) is 0 Å². The van der Waals surface area contributed by atoms with Gasteiger partial charge in [0.05, 0.1) is 19.2 Å². The van der Waals surface area contributed by atoms with Crippen LogP contribution in [-0.2, 0) is 11.5 Å². The van der Waals surface area contributed by atoms with E-state index < -0.39 is 0 Å². The maximum Gasteiger partial charge on any atom is 0.292 e. The number of quaternary nitrogens is 1. The standard InChI is InChI=1S/C17H24N4O3S/c1-4-10-18-15(22)11-20(3)12-21-17(25)24-16(19-21)13-8-6-7-9-14(13)23-5-2/h6-9H,4-5,10-12H2,1-3H3,(H,18,22)/p+1. The van der Waals surface area contributed by atoms with Crippen molar-refractivity contribution < 1.29 is 18.8 Å². The highest BCUT2D eigenvalue weighted by molar-refractivity contribution is 7.71. The number of amides is 1. The Hall–Kier alpha value is -2.19. The number of benzene rings is 1. The number of aromatic nitrogens is 2. The molecule has 1 aromatic carbocycles. The summed E-state index contributed by atoms with van der Waals surface area (Å²) in [6, 6.07) is 7.54. The molecule has 0 saturated heterocycles. The summed E-state index contributed by atoms with van der Waals surface area (Å²) in [7, 11) is 1.91. The number of nitrogens with zero attached hydrogens (tertiary/aromatic N) is 2. The van der Waals surface area contributed by atoms with Gasteiger partial charge in [0, 0.05) is 6.54 Å². The molecule has 2 rings (SSSR count). The summed E-state index contributed by atoms with van der Waals surface area (Å²) in [5.74, 6) is 1.13. The maximum absolute atomic E-state index is 11.8. The molecule has 2 aromatic rings. The first kappa shape index (κ1) is 19.1. The van der Waals surface area contributed by atoms with Crippen molar-refractivity contribution in [3.05, 3.63) is 29.1 Å². The summed E-state index contributed by atoms with van der Waals surface area (Å²) < 4.78 is 12.8. The monoisotopic (exact) mass is 365 g/mol. The van der Waals surface area contributed by atoms with Gasteiger partial charge in [-0.15, -0.1) is 5.10 Å². The van der Waals surface area contributed by atoms with E-state index in [0.29, 0.717) is 38.0 Å². The third-order valence-corrected chi connectivity index (χ3v) is 3.77. The lowest BCUT2D eigenvalue weighted by Crippen LogP contribution is -3.09. The van der Waals surface area contributed by atoms with Gasteiger partial charge < -0.3 is 19.4 Å². The molecule has 0 radical (unpaired) electrons. The number of ether oxygens (including phenoxy) is 1. The Morgan fingerprint density at radius 1 is 1.40 bits per heavy atom. The molecule has 0 spiro atoms. The van der Waals surface area contributed by atoms with E-state index in [9.17, 15) is 4.79 Å². The van der Waals surface area contributed by atoms with Crippen LogP contribution in [0.2, 0.25) is 0 Å². The second-order valence-corrected chi connectivity index (χ2v) is 6.09. The molecule has 0 saturated carbocycles. The highest BCUT2D eigenvalue weighted by Crippen LogP contribution is 2.28. The van der Waals surface area contributed by atoms with Gasteiger partial charge in [0.25, 0.3) is 16.6 Å². The third-order valence-electron chi connectivity index (χ3n) is 3.48. The van der Waals surface area contributed by atoms with Crippen LogP contribution in [0.4, 0.5) is 0 Å². The molecule has 1 unspecified atom stereocenters. The van der Waals surface area contributed by atoms with Crippen LogP contribution < -0.4 is 15.0 Å². The zero-order chi connectivity index (χ0) is 18.2. The largest absolute Gasteiger partial charge is 0.493 e. The Labute approximate surface area is 152 Å².